The molecule has 8 heteroatoms. The number of fused-ring (bicyclic) bond motifs is 1. The average Bonchev–Trinajstić information content (AvgIpc) is 3.30. The highest BCUT2D eigenvalue weighted by molar-refractivity contribution is 5.85. The van der Waals surface area contributed by atoms with Crippen LogP contribution in [0, 0.1) is 12.8 Å². The molecule has 4 rings (SSSR count). The second kappa shape index (κ2) is 7.47. The highest BCUT2D eigenvalue weighted by atomic mass is 35.5. The number of aryl methyl sites for hydroxylation is 2. The third kappa shape index (κ3) is 3.59. The van der Waals surface area contributed by atoms with E-state index in [1.165, 1.54) is 5.56 Å². The number of halogens is 1. The molecule has 1 amide bonds. The van der Waals surface area contributed by atoms with Crippen LogP contribution in [0.15, 0.2) is 30.6 Å². The van der Waals surface area contributed by atoms with E-state index in [-0.39, 0.29) is 30.2 Å². The number of benzene rings is 1. The van der Waals surface area contributed by atoms with E-state index in [0.717, 1.165) is 29.0 Å². The lowest BCUT2D eigenvalue weighted by molar-refractivity contribution is -0.125. The summed E-state index contributed by atoms with van der Waals surface area (Å²) in [5.74, 6) is 0.899. The summed E-state index contributed by atoms with van der Waals surface area (Å²) in [4.78, 5) is 20.5. The van der Waals surface area contributed by atoms with Crippen molar-refractivity contribution in [3.8, 4) is 0 Å². The molecule has 3 N–H and O–H groups in total. The van der Waals surface area contributed by atoms with Gasteiger partial charge in [-0.1, -0.05) is 6.07 Å². The van der Waals surface area contributed by atoms with Crippen molar-refractivity contribution in [2.24, 2.45) is 13.0 Å². The fourth-order valence-electron chi connectivity index (χ4n) is 3.50. The molecule has 26 heavy (non-hydrogen) atoms. The van der Waals surface area contributed by atoms with Gasteiger partial charge in [0, 0.05) is 32.3 Å². The van der Waals surface area contributed by atoms with Gasteiger partial charge >= 0.3 is 0 Å². The van der Waals surface area contributed by atoms with Gasteiger partial charge in [0.1, 0.15) is 5.82 Å². The number of aromatic nitrogens is 4. The summed E-state index contributed by atoms with van der Waals surface area (Å²) in [5.41, 5.74) is 4.21. The van der Waals surface area contributed by atoms with Crippen LogP contribution in [0.2, 0.25) is 0 Å². The van der Waals surface area contributed by atoms with Gasteiger partial charge in [-0.3, -0.25) is 9.48 Å². The van der Waals surface area contributed by atoms with E-state index in [4.69, 9.17) is 0 Å². The summed E-state index contributed by atoms with van der Waals surface area (Å²) in [7, 11) is 1.89. The predicted molar refractivity (Wildman–Crippen MR) is 102 cm³/mol. The quantitative estimate of drug-likeness (QED) is 0.648. The number of carbonyl (C=O) groups excluding carboxylic acids is 1. The minimum absolute atomic E-state index is 0. The van der Waals surface area contributed by atoms with Crippen LogP contribution in [-0.4, -0.2) is 38.7 Å². The molecular formula is C18H23ClN6O. The first kappa shape index (κ1) is 18.4. The Kier molecular flexibility index (Phi) is 5.29. The monoisotopic (exact) mass is 374 g/mol. The SMILES string of the molecule is Cc1ccc2nc(CNC(=O)[C@H]3CNC[C@@H]3c3cnn(C)c3)[nH]c2c1.Cl. The molecular weight excluding hydrogens is 352 g/mol. The number of nitrogens with one attached hydrogen (secondary N) is 3. The van der Waals surface area contributed by atoms with Crippen LogP contribution >= 0.6 is 12.4 Å². The standard InChI is InChI=1S/C18H22N6O.ClH/c1-11-3-4-15-16(5-11)23-17(22-15)9-20-18(25)14-8-19-7-13(14)12-6-21-24(2)10-12;/h3-6,10,13-14,19H,7-9H2,1-2H3,(H,20,25)(H,22,23);1H/t13-,14+;/m1./s1. The Bertz CT molecular complexity index is 917. The van der Waals surface area contributed by atoms with Gasteiger partial charge in [-0.05, 0) is 30.2 Å². The molecule has 3 heterocycles. The van der Waals surface area contributed by atoms with Crippen LogP contribution in [0.25, 0.3) is 11.0 Å². The van der Waals surface area contributed by atoms with E-state index in [0.29, 0.717) is 13.1 Å². The first-order chi connectivity index (χ1) is 12.1. The zero-order valence-electron chi connectivity index (χ0n) is 14.8. The van der Waals surface area contributed by atoms with Crippen molar-refractivity contribution in [2.45, 2.75) is 19.4 Å². The number of hydrogen-bond acceptors (Lipinski definition) is 4. The van der Waals surface area contributed by atoms with Crippen molar-refractivity contribution in [2.75, 3.05) is 13.1 Å². The van der Waals surface area contributed by atoms with Crippen LogP contribution in [0.4, 0.5) is 0 Å². The van der Waals surface area contributed by atoms with Gasteiger partial charge in [-0.15, -0.1) is 12.4 Å². The molecule has 0 unspecified atom stereocenters. The summed E-state index contributed by atoms with van der Waals surface area (Å²) in [6.07, 6.45) is 3.83. The largest absolute Gasteiger partial charge is 0.349 e. The summed E-state index contributed by atoms with van der Waals surface area (Å²) in [6, 6.07) is 6.09. The molecule has 7 nitrogen and oxygen atoms in total. The van der Waals surface area contributed by atoms with Gasteiger partial charge in [0.2, 0.25) is 5.91 Å². The molecule has 3 aromatic rings. The predicted octanol–water partition coefficient (Wildman–Crippen LogP) is 1.65. The van der Waals surface area contributed by atoms with E-state index < -0.39 is 0 Å². The lowest BCUT2D eigenvalue weighted by Gasteiger charge is -2.16. The van der Waals surface area contributed by atoms with Gasteiger partial charge in [0.15, 0.2) is 0 Å². The summed E-state index contributed by atoms with van der Waals surface area (Å²) in [5, 5.41) is 10.6. The van der Waals surface area contributed by atoms with Crippen molar-refractivity contribution in [1.82, 2.24) is 30.4 Å². The van der Waals surface area contributed by atoms with Crippen molar-refractivity contribution >= 4 is 29.3 Å². The average molecular weight is 375 g/mol. The molecule has 1 aromatic carbocycles. The fraction of sp³-hybridized carbons (Fsp3) is 0.389. The number of carbonyl (C=O) groups is 1. The highest BCUT2D eigenvalue weighted by Crippen LogP contribution is 2.28. The first-order valence-electron chi connectivity index (χ1n) is 8.52. The van der Waals surface area contributed by atoms with E-state index in [1.807, 2.05) is 38.5 Å². The second-order valence-corrected chi connectivity index (χ2v) is 6.74. The molecule has 138 valence electrons. The molecule has 1 aliphatic heterocycles. The molecule has 0 spiro atoms. The molecule has 2 aromatic heterocycles. The third-order valence-corrected chi connectivity index (χ3v) is 4.82. The Balaban J connectivity index is 0.00000196. The molecule has 1 fully saturated rings. The maximum absolute atomic E-state index is 12.7. The van der Waals surface area contributed by atoms with Crippen molar-refractivity contribution in [3.63, 3.8) is 0 Å². The van der Waals surface area contributed by atoms with E-state index in [2.05, 4.69) is 31.8 Å². The van der Waals surface area contributed by atoms with Crippen molar-refractivity contribution in [3.05, 3.63) is 47.5 Å². The summed E-state index contributed by atoms with van der Waals surface area (Å²) in [6.45, 7) is 3.94. The molecule has 0 bridgehead atoms. The Hall–Kier alpha value is -2.38. The molecule has 2 atom stereocenters. The Morgan fingerprint density at radius 1 is 1.38 bits per heavy atom. The maximum atomic E-state index is 12.7. The van der Waals surface area contributed by atoms with E-state index in [9.17, 15) is 4.79 Å². The van der Waals surface area contributed by atoms with E-state index >= 15 is 0 Å². The molecule has 1 aliphatic rings. The number of rotatable bonds is 4. The first-order valence-corrected chi connectivity index (χ1v) is 8.52. The van der Waals surface area contributed by atoms with Crippen LogP contribution in [0.3, 0.4) is 0 Å². The lowest BCUT2D eigenvalue weighted by atomic mass is 9.90. The van der Waals surface area contributed by atoms with Crippen LogP contribution in [0.5, 0.6) is 0 Å². The van der Waals surface area contributed by atoms with Crippen molar-refractivity contribution < 1.29 is 4.79 Å². The van der Waals surface area contributed by atoms with Gasteiger partial charge < -0.3 is 15.6 Å². The fourth-order valence-corrected chi connectivity index (χ4v) is 3.50. The summed E-state index contributed by atoms with van der Waals surface area (Å²) < 4.78 is 1.78. The Morgan fingerprint density at radius 2 is 2.23 bits per heavy atom. The van der Waals surface area contributed by atoms with Crippen LogP contribution < -0.4 is 10.6 Å². The summed E-state index contributed by atoms with van der Waals surface area (Å²) >= 11 is 0. The van der Waals surface area contributed by atoms with Gasteiger partial charge in [0.25, 0.3) is 0 Å². The second-order valence-electron chi connectivity index (χ2n) is 6.74. The number of aromatic amines is 1. The number of H-pyrrole nitrogens is 1. The van der Waals surface area contributed by atoms with Crippen molar-refractivity contribution in [1.29, 1.82) is 0 Å². The highest BCUT2D eigenvalue weighted by Gasteiger charge is 2.34. The Morgan fingerprint density at radius 3 is 3.00 bits per heavy atom. The van der Waals surface area contributed by atoms with Crippen LogP contribution in [-0.2, 0) is 18.4 Å². The minimum Gasteiger partial charge on any atom is -0.349 e. The minimum atomic E-state index is -0.0872. The number of amides is 1. The van der Waals surface area contributed by atoms with E-state index in [1.54, 1.807) is 4.68 Å². The van der Waals surface area contributed by atoms with Crippen LogP contribution in [0.1, 0.15) is 22.9 Å². The Labute approximate surface area is 158 Å². The van der Waals surface area contributed by atoms with Gasteiger partial charge in [0.05, 0.1) is 29.7 Å². The smallest absolute Gasteiger partial charge is 0.225 e. The normalized spacial score (nSPS) is 19.5. The maximum Gasteiger partial charge on any atom is 0.225 e. The molecule has 0 aliphatic carbocycles. The molecule has 0 radical (unpaired) electrons. The zero-order chi connectivity index (χ0) is 17.4. The van der Waals surface area contributed by atoms with Gasteiger partial charge in [-0.25, -0.2) is 4.98 Å². The molecule has 1 saturated heterocycles. The number of hydrogen-bond donors (Lipinski definition) is 3. The number of imidazole rings is 1. The topological polar surface area (TPSA) is 87.6 Å². The number of nitrogens with zero attached hydrogens (tertiary/aromatic N) is 3. The lowest BCUT2D eigenvalue weighted by Crippen LogP contribution is -2.34. The zero-order valence-corrected chi connectivity index (χ0v) is 15.6. The molecule has 0 saturated carbocycles. The van der Waals surface area contributed by atoms with Gasteiger partial charge in [-0.2, -0.15) is 5.10 Å². The third-order valence-electron chi connectivity index (χ3n) is 4.82.